The highest BCUT2D eigenvalue weighted by atomic mass is 79.9. The Bertz CT molecular complexity index is 810. The first-order valence-corrected chi connectivity index (χ1v) is 8.15. The Morgan fingerprint density at radius 2 is 2.17 bits per heavy atom. The molecule has 2 heterocycles. The van der Waals surface area contributed by atoms with Crippen LogP contribution in [0.15, 0.2) is 53.3 Å². The van der Waals surface area contributed by atoms with Gasteiger partial charge >= 0.3 is 6.03 Å². The van der Waals surface area contributed by atoms with Crippen molar-refractivity contribution in [1.82, 2.24) is 14.7 Å². The van der Waals surface area contributed by atoms with Crippen molar-refractivity contribution in [3.8, 4) is 0 Å². The maximum absolute atomic E-state index is 12.0. The van der Waals surface area contributed by atoms with Crippen molar-refractivity contribution < 1.29 is 4.79 Å². The van der Waals surface area contributed by atoms with Gasteiger partial charge in [-0.1, -0.05) is 28.1 Å². The lowest BCUT2D eigenvalue weighted by atomic mass is 10.2. The summed E-state index contributed by atoms with van der Waals surface area (Å²) < 4.78 is 2.91. The van der Waals surface area contributed by atoms with Crippen LogP contribution in [0, 0.1) is 6.92 Å². The van der Waals surface area contributed by atoms with Crippen molar-refractivity contribution in [2.24, 2.45) is 0 Å². The standard InChI is InChI=1S/C17H17BrN4O/c1-12-5-6-13(18)10-15(12)21-17(23)19-8-7-14-11-22-9-3-2-4-16(22)20-14/h2-6,9-11H,7-8H2,1H3,(H2,19,21,23). The van der Waals surface area contributed by atoms with E-state index in [1.54, 1.807) is 0 Å². The third-order valence-electron chi connectivity index (χ3n) is 3.53. The first-order chi connectivity index (χ1) is 11.1. The number of hydrogen-bond donors (Lipinski definition) is 2. The van der Waals surface area contributed by atoms with Crippen LogP contribution in [0.5, 0.6) is 0 Å². The number of hydrogen-bond acceptors (Lipinski definition) is 2. The van der Waals surface area contributed by atoms with Crippen molar-refractivity contribution in [1.29, 1.82) is 0 Å². The number of aryl methyl sites for hydroxylation is 1. The van der Waals surface area contributed by atoms with Crippen molar-refractivity contribution in [3.63, 3.8) is 0 Å². The van der Waals surface area contributed by atoms with E-state index in [9.17, 15) is 4.79 Å². The zero-order valence-corrected chi connectivity index (χ0v) is 14.3. The van der Waals surface area contributed by atoms with Crippen molar-refractivity contribution in [2.45, 2.75) is 13.3 Å². The van der Waals surface area contributed by atoms with Gasteiger partial charge in [-0.2, -0.15) is 0 Å². The minimum absolute atomic E-state index is 0.213. The predicted molar refractivity (Wildman–Crippen MR) is 94.8 cm³/mol. The molecular weight excluding hydrogens is 356 g/mol. The van der Waals surface area contributed by atoms with Gasteiger partial charge in [0.2, 0.25) is 0 Å². The summed E-state index contributed by atoms with van der Waals surface area (Å²) in [5.74, 6) is 0. The number of urea groups is 1. The molecule has 3 aromatic rings. The van der Waals surface area contributed by atoms with Crippen LogP contribution in [0.1, 0.15) is 11.3 Å². The number of anilines is 1. The number of carbonyl (C=O) groups is 1. The minimum Gasteiger partial charge on any atom is -0.337 e. The lowest BCUT2D eigenvalue weighted by Crippen LogP contribution is -2.30. The van der Waals surface area contributed by atoms with E-state index in [2.05, 4.69) is 31.5 Å². The van der Waals surface area contributed by atoms with Crippen molar-refractivity contribution >= 4 is 33.3 Å². The quantitative estimate of drug-likeness (QED) is 0.732. The van der Waals surface area contributed by atoms with E-state index in [0.717, 1.165) is 27.1 Å². The molecule has 2 N–H and O–H groups in total. The van der Waals surface area contributed by atoms with Crippen LogP contribution in [0.25, 0.3) is 5.65 Å². The van der Waals surface area contributed by atoms with Crippen molar-refractivity contribution in [3.05, 3.63) is 64.5 Å². The third-order valence-corrected chi connectivity index (χ3v) is 4.02. The summed E-state index contributed by atoms with van der Waals surface area (Å²) in [5, 5.41) is 5.71. The molecule has 0 bridgehead atoms. The first-order valence-electron chi connectivity index (χ1n) is 7.35. The Labute approximate surface area is 142 Å². The molecule has 0 aliphatic heterocycles. The molecule has 0 atom stereocenters. The van der Waals surface area contributed by atoms with Crippen LogP contribution in [-0.2, 0) is 6.42 Å². The third kappa shape index (κ3) is 3.90. The summed E-state index contributed by atoms with van der Waals surface area (Å²) in [6.45, 7) is 2.49. The average molecular weight is 373 g/mol. The molecule has 2 amide bonds. The SMILES string of the molecule is Cc1ccc(Br)cc1NC(=O)NCCc1cn2ccccc2n1. The Morgan fingerprint density at radius 1 is 1.30 bits per heavy atom. The number of carbonyl (C=O) groups excluding carboxylic acids is 1. The van der Waals surface area contributed by atoms with Gasteiger partial charge in [0, 0.05) is 35.5 Å². The van der Waals surface area contributed by atoms with E-state index in [1.165, 1.54) is 0 Å². The molecule has 0 fully saturated rings. The molecule has 6 heteroatoms. The van der Waals surface area contributed by atoms with E-state index in [0.29, 0.717) is 13.0 Å². The summed E-state index contributed by atoms with van der Waals surface area (Å²) >= 11 is 3.40. The van der Waals surface area contributed by atoms with E-state index >= 15 is 0 Å². The van der Waals surface area contributed by atoms with Crippen LogP contribution < -0.4 is 10.6 Å². The molecule has 0 spiro atoms. The second kappa shape index (κ2) is 6.83. The zero-order chi connectivity index (χ0) is 16.2. The number of halogens is 1. The second-order valence-electron chi connectivity index (χ2n) is 5.29. The van der Waals surface area contributed by atoms with Crippen LogP contribution in [-0.4, -0.2) is 22.0 Å². The molecule has 0 saturated heterocycles. The number of pyridine rings is 1. The van der Waals surface area contributed by atoms with Crippen LogP contribution in [0.2, 0.25) is 0 Å². The van der Waals surface area contributed by atoms with Gasteiger partial charge in [0.15, 0.2) is 0 Å². The molecule has 5 nitrogen and oxygen atoms in total. The van der Waals surface area contributed by atoms with Crippen molar-refractivity contribution in [2.75, 3.05) is 11.9 Å². The normalized spacial score (nSPS) is 10.7. The molecule has 23 heavy (non-hydrogen) atoms. The van der Waals surface area contributed by atoms with Gasteiger partial charge in [-0.15, -0.1) is 0 Å². The second-order valence-corrected chi connectivity index (χ2v) is 6.20. The molecule has 0 unspecified atom stereocenters. The number of aromatic nitrogens is 2. The molecule has 2 aromatic heterocycles. The van der Waals surface area contributed by atoms with Gasteiger partial charge in [0.25, 0.3) is 0 Å². The highest BCUT2D eigenvalue weighted by molar-refractivity contribution is 9.10. The lowest BCUT2D eigenvalue weighted by molar-refractivity contribution is 0.252. The number of nitrogens with one attached hydrogen (secondary N) is 2. The number of amides is 2. The lowest BCUT2D eigenvalue weighted by Gasteiger charge is -2.09. The van der Waals surface area contributed by atoms with Gasteiger partial charge < -0.3 is 15.0 Å². The maximum atomic E-state index is 12.0. The molecular formula is C17H17BrN4O. The number of rotatable bonds is 4. The van der Waals surface area contributed by atoms with Crippen LogP contribution in [0.4, 0.5) is 10.5 Å². The van der Waals surface area contributed by atoms with E-state index in [-0.39, 0.29) is 6.03 Å². The molecule has 0 saturated carbocycles. The zero-order valence-electron chi connectivity index (χ0n) is 12.7. The summed E-state index contributed by atoms with van der Waals surface area (Å²) in [7, 11) is 0. The maximum Gasteiger partial charge on any atom is 0.319 e. The molecule has 118 valence electrons. The largest absolute Gasteiger partial charge is 0.337 e. The fourth-order valence-corrected chi connectivity index (χ4v) is 2.67. The molecule has 0 radical (unpaired) electrons. The van der Waals surface area contributed by atoms with Gasteiger partial charge in [-0.25, -0.2) is 9.78 Å². The van der Waals surface area contributed by atoms with Crippen LogP contribution >= 0.6 is 15.9 Å². The Kier molecular flexibility index (Phi) is 4.62. The Balaban J connectivity index is 1.53. The van der Waals surface area contributed by atoms with Gasteiger partial charge in [0.05, 0.1) is 5.69 Å². The number of benzene rings is 1. The van der Waals surface area contributed by atoms with E-state index in [4.69, 9.17) is 0 Å². The Hall–Kier alpha value is -2.34. The predicted octanol–water partition coefficient (Wildman–Crippen LogP) is 3.77. The van der Waals surface area contributed by atoms with Crippen LogP contribution in [0.3, 0.4) is 0 Å². The summed E-state index contributed by atoms with van der Waals surface area (Å²) in [6.07, 6.45) is 4.63. The monoisotopic (exact) mass is 372 g/mol. The highest BCUT2D eigenvalue weighted by Gasteiger charge is 2.06. The minimum atomic E-state index is -0.213. The molecule has 0 aliphatic carbocycles. The van der Waals surface area contributed by atoms with E-state index in [1.807, 2.05) is 60.1 Å². The summed E-state index contributed by atoms with van der Waals surface area (Å²) in [4.78, 5) is 16.5. The number of fused-ring (bicyclic) bond motifs is 1. The van der Waals surface area contributed by atoms with Gasteiger partial charge in [0.1, 0.15) is 5.65 Å². The number of imidazole rings is 1. The molecule has 0 aliphatic rings. The van der Waals surface area contributed by atoms with E-state index < -0.39 is 0 Å². The summed E-state index contributed by atoms with van der Waals surface area (Å²) in [5.41, 5.74) is 3.68. The Morgan fingerprint density at radius 3 is 3.00 bits per heavy atom. The smallest absolute Gasteiger partial charge is 0.319 e. The average Bonchev–Trinajstić information content (AvgIpc) is 2.93. The highest BCUT2D eigenvalue weighted by Crippen LogP contribution is 2.20. The molecule has 3 rings (SSSR count). The van der Waals surface area contributed by atoms with Gasteiger partial charge in [-0.3, -0.25) is 0 Å². The summed E-state index contributed by atoms with van der Waals surface area (Å²) in [6, 6.07) is 11.5. The van der Waals surface area contributed by atoms with Gasteiger partial charge in [-0.05, 0) is 36.8 Å². The topological polar surface area (TPSA) is 58.4 Å². The fourth-order valence-electron chi connectivity index (χ4n) is 2.31. The number of nitrogens with zero attached hydrogens (tertiary/aromatic N) is 2. The molecule has 1 aromatic carbocycles. The first kappa shape index (κ1) is 15.6. The fraction of sp³-hybridized carbons (Fsp3) is 0.176.